The minimum atomic E-state index is 0.632. The van der Waals surface area contributed by atoms with Crippen LogP contribution in [0.3, 0.4) is 0 Å². The summed E-state index contributed by atoms with van der Waals surface area (Å²) in [7, 11) is 0. The van der Waals surface area contributed by atoms with Crippen molar-refractivity contribution in [2.45, 2.75) is 13.8 Å². The van der Waals surface area contributed by atoms with Crippen LogP contribution in [-0.4, -0.2) is 5.71 Å². The number of hydrogen-bond donors (Lipinski definition) is 1. The van der Waals surface area contributed by atoms with Crippen LogP contribution in [0.15, 0.2) is 24.3 Å². The number of hydrogen-bond acceptors (Lipinski definition) is 2. The zero-order valence-corrected chi connectivity index (χ0v) is 8.53. The van der Waals surface area contributed by atoms with Gasteiger partial charge in [0.15, 0.2) is 0 Å². The number of benzene rings is 1. The summed E-state index contributed by atoms with van der Waals surface area (Å²) in [5, 5.41) is 8.81. The third kappa shape index (κ3) is 1.49. The quantitative estimate of drug-likeness (QED) is 0.663. The Labute approximate surface area is 81.5 Å². The molecule has 0 aliphatic heterocycles. The summed E-state index contributed by atoms with van der Waals surface area (Å²) < 4.78 is 1.28. The second kappa shape index (κ2) is 2.96. The molecular weight excluding hydrogens is 178 g/mol. The molecule has 0 unspecified atom stereocenters. The molecule has 1 nitrogen and oxygen atoms in total. The smallest absolute Gasteiger partial charge is 0.0355 e. The van der Waals surface area contributed by atoms with Crippen LogP contribution in [-0.2, 0) is 0 Å². The normalized spacial score (nSPS) is 10.6. The van der Waals surface area contributed by atoms with Crippen molar-refractivity contribution >= 4 is 27.1 Å². The molecule has 0 bridgehead atoms. The summed E-state index contributed by atoms with van der Waals surface area (Å²) >= 11 is 1.79. The van der Waals surface area contributed by atoms with Gasteiger partial charge in [0.1, 0.15) is 0 Å². The first-order chi connectivity index (χ1) is 6.16. The molecule has 2 heteroatoms. The summed E-state index contributed by atoms with van der Waals surface area (Å²) in [6, 6.07) is 8.38. The van der Waals surface area contributed by atoms with E-state index in [1.54, 1.807) is 11.3 Å². The molecule has 2 aromatic rings. The molecule has 0 saturated carbocycles. The first kappa shape index (κ1) is 8.45. The first-order valence-corrected chi connectivity index (χ1v) is 5.04. The fourth-order valence-electron chi connectivity index (χ4n) is 1.40. The third-order valence-corrected chi connectivity index (χ3v) is 3.09. The summed E-state index contributed by atoms with van der Waals surface area (Å²) in [4.78, 5) is 1.33. The first-order valence-electron chi connectivity index (χ1n) is 4.22. The van der Waals surface area contributed by atoms with Gasteiger partial charge in [-0.15, -0.1) is 11.3 Å². The topological polar surface area (TPSA) is 23.9 Å². The molecule has 66 valence electrons. The Balaban J connectivity index is 2.67. The Hall–Kier alpha value is -1.15. The molecule has 1 aromatic heterocycles. The van der Waals surface area contributed by atoms with Gasteiger partial charge in [0.25, 0.3) is 0 Å². The van der Waals surface area contributed by atoms with Crippen LogP contribution in [0, 0.1) is 12.3 Å². The van der Waals surface area contributed by atoms with Crippen LogP contribution in [0.4, 0.5) is 0 Å². The molecule has 0 amide bonds. The lowest BCUT2D eigenvalue weighted by Crippen LogP contribution is -1.89. The highest BCUT2D eigenvalue weighted by Crippen LogP contribution is 2.25. The average molecular weight is 189 g/mol. The van der Waals surface area contributed by atoms with Crippen LogP contribution in [0.2, 0.25) is 0 Å². The molecule has 0 radical (unpaired) electrons. The van der Waals surface area contributed by atoms with Crippen LogP contribution < -0.4 is 0 Å². The summed E-state index contributed by atoms with van der Waals surface area (Å²) in [5.41, 5.74) is 1.65. The van der Waals surface area contributed by atoms with Gasteiger partial charge in [0.2, 0.25) is 0 Å². The van der Waals surface area contributed by atoms with Crippen molar-refractivity contribution in [2.24, 2.45) is 0 Å². The largest absolute Gasteiger partial charge is 0.305 e. The Kier molecular flexibility index (Phi) is 1.93. The fourth-order valence-corrected chi connectivity index (χ4v) is 2.36. The Morgan fingerprint density at radius 1 is 1.31 bits per heavy atom. The highest BCUT2D eigenvalue weighted by atomic mass is 32.1. The van der Waals surface area contributed by atoms with Crippen molar-refractivity contribution in [3.05, 3.63) is 34.7 Å². The van der Waals surface area contributed by atoms with Gasteiger partial charge in [-0.25, -0.2) is 0 Å². The van der Waals surface area contributed by atoms with E-state index in [9.17, 15) is 0 Å². The van der Waals surface area contributed by atoms with Gasteiger partial charge in [-0.2, -0.15) is 0 Å². The second-order valence-corrected chi connectivity index (χ2v) is 4.52. The van der Waals surface area contributed by atoms with E-state index in [0.29, 0.717) is 5.71 Å². The van der Waals surface area contributed by atoms with Gasteiger partial charge in [-0.1, -0.05) is 12.1 Å². The van der Waals surface area contributed by atoms with E-state index < -0.39 is 0 Å². The number of nitrogens with one attached hydrogen (secondary N) is 1. The van der Waals surface area contributed by atoms with E-state index in [-0.39, 0.29) is 0 Å². The van der Waals surface area contributed by atoms with E-state index in [2.05, 4.69) is 25.1 Å². The summed E-state index contributed by atoms with van der Waals surface area (Å²) in [6.07, 6.45) is 0. The van der Waals surface area contributed by atoms with Crippen molar-refractivity contribution in [3.63, 3.8) is 0 Å². The van der Waals surface area contributed by atoms with Crippen LogP contribution in [0.25, 0.3) is 10.1 Å². The molecule has 0 spiro atoms. The molecule has 0 fully saturated rings. The van der Waals surface area contributed by atoms with Gasteiger partial charge < -0.3 is 5.41 Å². The zero-order chi connectivity index (χ0) is 9.42. The standard InChI is InChI=1S/C11H11NS/c1-7-5-10-4-3-9(8(2)12)6-11(10)13-7/h3-6,12H,1-2H3. The van der Waals surface area contributed by atoms with Crippen LogP contribution in [0.1, 0.15) is 17.4 Å². The van der Waals surface area contributed by atoms with E-state index in [1.807, 2.05) is 13.0 Å². The van der Waals surface area contributed by atoms with Crippen molar-refractivity contribution in [1.29, 1.82) is 5.41 Å². The van der Waals surface area contributed by atoms with E-state index in [0.717, 1.165) is 5.56 Å². The third-order valence-electron chi connectivity index (χ3n) is 2.08. The van der Waals surface area contributed by atoms with E-state index in [1.165, 1.54) is 15.0 Å². The molecule has 13 heavy (non-hydrogen) atoms. The number of aryl methyl sites for hydroxylation is 1. The Morgan fingerprint density at radius 3 is 2.77 bits per heavy atom. The minimum absolute atomic E-state index is 0.632. The lowest BCUT2D eigenvalue weighted by atomic mass is 10.1. The predicted octanol–water partition coefficient (Wildman–Crippen LogP) is 3.60. The maximum Gasteiger partial charge on any atom is 0.0355 e. The lowest BCUT2D eigenvalue weighted by Gasteiger charge is -1.96. The molecule has 0 aliphatic carbocycles. The Bertz CT molecular complexity index is 468. The SMILES string of the molecule is CC(=N)c1ccc2cc(C)sc2c1. The van der Waals surface area contributed by atoms with Crippen molar-refractivity contribution in [3.8, 4) is 0 Å². The summed E-state index contributed by atoms with van der Waals surface area (Å²) in [6.45, 7) is 3.93. The maximum absolute atomic E-state index is 7.52. The molecular formula is C11H11NS. The van der Waals surface area contributed by atoms with Crippen LogP contribution >= 0.6 is 11.3 Å². The van der Waals surface area contributed by atoms with Gasteiger partial charge in [0, 0.05) is 15.3 Å². The van der Waals surface area contributed by atoms with Gasteiger partial charge in [0.05, 0.1) is 0 Å². The van der Waals surface area contributed by atoms with Gasteiger partial charge in [-0.05, 0) is 36.9 Å². The maximum atomic E-state index is 7.52. The van der Waals surface area contributed by atoms with Gasteiger partial charge >= 0.3 is 0 Å². The van der Waals surface area contributed by atoms with E-state index in [4.69, 9.17) is 5.41 Å². The van der Waals surface area contributed by atoms with Crippen molar-refractivity contribution in [1.82, 2.24) is 0 Å². The molecule has 0 saturated heterocycles. The number of rotatable bonds is 1. The zero-order valence-electron chi connectivity index (χ0n) is 7.72. The minimum Gasteiger partial charge on any atom is -0.305 e. The number of thiophene rings is 1. The molecule has 0 atom stereocenters. The highest BCUT2D eigenvalue weighted by Gasteiger charge is 2.00. The monoisotopic (exact) mass is 189 g/mol. The predicted molar refractivity (Wildman–Crippen MR) is 59.1 cm³/mol. The van der Waals surface area contributed by atoms with Crippen molar-refractivity contribution in [2.75, 3.05) is 0 Å². The van der Waals surface area contributed by atoms with Crippen LogP contribution in [0.5, 0.6) is 0 Å². The molecule has 0 aliphatic rings. The molecule has 1 aromatic carbocycles. The lowest BCUT2D eigenvalue weighted by molar-refractivity contribution is 1.47. The molecule has 2 rings (SSSR count). The number of fused-ring (bicyclic) bond motifs is 1. The van der Waals surface area contributed by atoms with E-state index >= 15 is 0 Å². The highest BCUT2D eigenvalue weighted by molar-refractivity contribution is 7.19. The Morgan fingerprint density at radius 2 is 2.08 bits per heavy atom. The molecule has 1 N–H and O–H groups in total. The molecule has 1 heterocycles. The second-order valence-electron chi connectivity index (χ2n) is 3.23. The average Bonchev–Trinajstić information content (AvgIpc) is 2.42. The summed E-state index contributed by atoms with van der Waals surface area (Å²) in [5.74, 6) is 0. The van der Waals surface area contributed by atoms with Gasteiger partial charge in [-0.3, -0.25) is 0 Å². The van der Waals surface area contributed by atoms with Crippen molar-refractivity contribution < 1.29 is 0 Å². The fraction of sp³-hybridized carbons (Fsp3) is 0.182.